The van der Waals surface area contributed by atoms with Crippen LogP contribution in [0.1, 0.15) is 9.88 Å². The summed E-state index contributed by atoms with van der Waals surface area (Å²) in [6.45, 7) is 2.13. The van der Waals surface area contributed by atoms with E-state index in [4.69, 9.17) is 0 Å². The van der Waals surface area contributed by atoms with E-state index in [1.165, 1.54) is 11.3 Å². The SMILES string of the molecule is Cc1ncc(CNc2cc(F)cc(F)c2F)s1. The molecule has 0 atom stereocenters. The predicted octanol–water partition coefficient (Wildman–Crippen LogP) is 3.48. The molecule has 0 aliphatic rings. The van der Waals surface area contributed by atoms with Gasteiger partial charge in [0.05, 0.1) is 17.2 Å². The van der Waals surface area contributed by atoms with Gasteiger partial charge in [0.25, 0.3) is 0 Å². The Labute approximate surface area is 100 Å². The van der Waals surface area contributed by atoms with Gasteiger partial charge in [-0.05, 0) is 6.92 Å². The van der Waals surface area contributed by atoms with E-state index in [2.05, 4.69) is 10.3 Å². The summed E-state index contributed by atoms with van der Waals surface area (Å²) in [7, 11) is 0. The Balaban J connectivity index is 2.14. The number of thiazole rings is 1. The maximum absolute atomic E-state index is 13.3. The molecule has 0 bridgehead atoms. The zero-order chi connectivity index (χ0) is 12.4. The third-order valence-electron chi connectivity index (χ3n) is 2.12. The zero-order valence-electron chi connectivity index (χ0n) is 8.93. The molecule has 1 aromatic carbocycles. The lowest BCUT2D eigenvalue weighted by molar-refractivity contribution is 0.497. The Morgan fingerprint density at radius 2 is 2.06 bits per heavy atom. The van der Waals surface area contributed by atoms with Gasteiger partial charge in [-0.25, -0.2) is 18.2 Å². The van der Waals surface area contributed by atoms with Crippen LogP contribution in [0.25, 0.3) is 0 Å². The van der Waals surface area contributed by atoms with Crippen LogP contribution in [-0.4, -0.2) is 4.98 Å². The van der Waals surface area contributed by atoms with Crippen molar-refractivity contribution in [1.82, 2.24) is 4.98 Å². The van der Waals surface area contributed by atoms with Gasteiger partial charge >= 0.3 is 0 Å². The fourth-order valence-electron chi connectivity index (χ4n) is 1.35. The molecule has 0 unspecified atom stereocenters. The van der Waals surface area contributed by atoms with Crippen LogP contribution in [0.2, 0.25) is 0 Å². The van der Waals surface area contributed by atoms with Crippen molar-refractivity contribution >= 4 is 17.0 Å². The highest BCUT2D eigenvalue weighted by molar-refractivity contribution is 7.11. The van der Waals surface area contributed by atoms with Crippen molar-refractivity contribution in [2.75, 3.05) is 5.32 Å². The van der Waals surface area contributed by atoms with E-state index in [0.717, 1.165) is 16.0 Å². The lowest BCUT2D eigenvalue weighted by atomic mass is 10.3. The van der Waals surface area contributed by atoms with Crippen LogP contribution in [0.5, 0.6) is 0 Å². The van der Waals surface area contributed by atoms with Gasteiger partial charge in [0, 0.05) is 23.2 Å². The molecule has 0 aliphatic heterocycles. The fourth-order valence-corrected chi connectivity index (χ4v) is 2.09. The van der Waals surface area contributed by atoms with Crippen LogP contribution in [0.4, 0.5) is 18.9 Å². The molecule has 0 aliphatic carbocycles. The molecule has 2 nitrogen and oxygen atoms in total. The quantitative estimate of drug-likeness (QED) is 0.852. The van der Waals surface area contributed by atoms with E-state index < -0.39 is 17.5 Å². The van der Waals surface area contributed by atoms with Crippen molar-refractivity contribution in [2.45, 2.75) is 13.5 Å². The Morgan fingerprint density at radius 1 is 1.29 bits per heavy atom. The normalized spacial score (nSPS) is 10.6. The van der Waals surface area contributed by atoms with E-state index in [1.54, 1.807) is 6.20 Å². The average Bonchev–Trinajstić information content (AvgIpc) is 2.67. The number of hydrogen-bond donors (Lipinski definition) is 1. The maximum Gasteiger partial charge on any atom is 0.182 e. The molecule has 2 aromatic rings. The van der Waals surface area contributed by atoms with Crippen molar-refractivity contribution in [2.24, 2.45) is 0 Å². The highest BCUT2D eigenvalue weighted by Crippen LogP contribution is 2.21. The summed E-state index contributed by atoms with van der Waals surface area (Å²) >= 11 is 1.44. The van der Waals surface area contributed by atoms with Crippen LogP contribution < -0.4 is 5.32 Å². The topological polar surface area (TPSA) is 24.9 Å². The third-order valence-corrected chi connectivity index (χ3v) is 3.03. The predicted molar refractivity (Wildman–Crippen MR) is 60.5 cm³/mol. The molecule has 0 spiro atoms. The molecule has 1 aromatic heterocycles. The van der Waals surface area contributed by atoms with Gasteiger partial charge in [0.1, 0.15) is 5.82 Å². The molecule has 6 heteroatoms. The molecule has 1 N–H and O–H groups in total. The Hall–Kier alpha value is -1.56. The van der Waals surface area contributed by atoms with Gasteiger partial charge in [-0.15, -0.1) is 11.3 Å². The van der Waals surface area contributed by atoms with Crippen molar-refractivity contribution in [3.8, 4) is 0 Å². The molecule has 0 radical (unpaired) electrons. The number of anilines is 1. The van der Waals surface area contributed by atoms with Crippen molar-refractivity contribution in [1.29, 1.82) is 0 Å². The van der Waals surface area contributed by atoms with E-state index in [1.807, 2.05) is 6.92 Å². The first-order chi connectivity index (χ1) is 8.06. The summed E-state index contributed by atoms with van der Waals surface area (Å²) < 4.78 is 39.1. The zero-order valence-corrected chi connectivity index (χ0v) is 9.75. The van der Waals surface area contributed by atoms with Crippen molar-refractivity contribution < 1.29 is 13.2 Å². The molecule has 90 valence electrons. The molecule has 1 heterocycles. The number of rotatable bonds is 3. The van der Waals surface area contributed by atoms with E-state index in [9.17, 15) is 13.2 Å². The first kappa shape index (κ1) is 11.9. The second kappa shape index (κ2) is 4.75. The lowest BCUT2D eigenvalue weighted by Gasteiger charge is -2.06. The lowest BCUT2D eigenvalue weighted by Crippen LogP contribution is -2.02. The van der Waals surface area contributed by atoms with Gasteiger partial charge in [-0.3, -0.25) is 0 Å². The molecule has 17 heavy (non-hydrogen) atoms. The Morgan fingerprint density at radius 3 is 2.71 bits per heavy atom. The second-order valence-electron chi connectivity index (χ2n) is 3.45. The first-order valence-electron chi connectivity index (χ1n) is 4.86. The van der Waals surface area contributed by atoms with Gasteiger partial charge < -0.3 is 5.32 Å². The highest BCUT2D eigenvalue weighted by atomic mass is 32.1. The monoisotopic (exact) mass is 258 g/mol. The highest BCUT2D eigenvalue weighted by Gasteiger charge is 2.10. The summed E-state index contributed by atoms with van der Waals surface area (Å²) in [4.78, 5) is 4.89. The average molecular weight is 258 g/mol. The smallest absolute Gasteiger partial charge is 0.182 e. The number of aryl methyl sites for hydroxylation is 1. The van der Waals surface area contributed by atoms with Crippen LogP contribution in [0.15, 0.2) is 18.3 Å². The van der Waals surface area contributed by atoms with Crippen molar-refractivity contribution in [3.05, 3.63) is 45.7 Å². The van der Waals surface area contributed by atoms with Crippen molar-refractivity contribution in [3.63, 3.8) is 0 Å². The van der Waals surface area contributed by atoms with E-state index in [0.29, 0.717) is 6.07 Å². The third kappa shape index (κ3) is 2.76. The van der Waals surface area contributed by atoms with Gasteiger partial charge in [-0.1, -0.05) is 0 Å². The van der Waals surface area contributed by atoms with Gasteiger partial charge in [0.15, 0.2) is 11.6 Å². The molecular weight excluding hydrogens is 249 g/mol. The summed E-state index contributed by atoms with van der Waals surface area (Å²) in [6.07, 6.45) is 1.64. The fraction of sp³-hybridized carbons (Fsp3) is 0.182. The van der Waals surface area contributed by atoms with Gasteiger partial charge in [-0.2, -0.15) is 0 Å². The maximum atomic E-state index is 13.3. The molecule has 0 amide bonds. The number of nitrogens with one attached hydrogen (secondary N) is 1. The Kier molecular flexibility index (Phi) is 3.33. The minimum Gasteiger partial charge on any atom is -0.378 e. The standard InChI is InChI=1S/C11H9F3N2S/c1-6-15-4-8(17-6)5-16-10-3-7(12)2-9(13)11(10)14/h2-4,16H,5H2,1H3. The summed E-state index contributed by atoms with van der Waals surface area (Å²) in [6, 6.07) is 1.43. The van der Waals surface area contributed by atoms with E-state index >= 15 is 0 Å². The molecule has 0 saturated heterocycles. The second-order valence-corrected chi connectivity index (χ2v) is 4.77. The largest absolute Gasteiger partial charge is 0.378 e. The molecule has 0 saturated carbocycles. The van der Waals surface area contributed by atoms with Crippen LogP contribution in [0, 0.1) is 24.4 Å². The van der Waals surface area contributed by atoms with Gasteiger partial charge in [0.2, 0.25) is 0 Å². The number of aromatic nitrogens is 1. The number of nitrogens with zero attached hydrogens (tertiary/aromatic N) is 1. The summed E-state index contributed by atoms with van der Waals surface area (Å²) in [5.41, 5.74) is -0.187. The summed E-state index contributed by atoms with van der Waals surface area (Å²) in [5.74, 6) is -3.09. The summed E-state index contributed by atoms with van der Waals surface area (Å²) in [5, 5.41) is 3.52. The van der Waals surface area contributed by atoms with Crippen LogP contribution in [0.3, 0.4) is 0 Å². The molecular formula is C11H9F3N2S. The van der Waals surface area contributed by atoms with Crippen LogP contribution >= 0.6 is 11.3 Å². The number of halogens is 3. The number of benzene rings is 1. The Bertz CT molecular complexity index is 540. The minimum absolute atomic E-state index is 0.187. The van der Waals surface area contributed by atoms with E-state index in [-0.39, 0.29) is 12.2 Å². The number of hydrogen-bond acceptors (Lipinski definition) is 3. The molecule has 0 fully saturated rings. The van der Waals surface area contributed by atoms with Crippen LogP contribution in [-0.2, 0) is 6.54 Å². The molecule has 2 rings (SSSR count). The first-order valence-corrected chi connectivity index (χ1v) is 5.67. The minimum atomic E-state index is -1.20.